The number of ether oxygens (including phenoxy) is 2. The van der Waals surface area contributed by atoms with Crippen LogP contribution in [-0.2, 0) is 9.53 Å². The lowest BCUT2D eigenvalue weighted by molar-refractivity contribution is -0.119. The van der Waals surface area contributed by atoms with Crippen molar-refractivity contribution in [3.8, 4) is 5.88 Å². The lowest BCUT2D eigenvalue weighted by atomic mass is 10.1. The first-order chi connectivity index (χ1) is 9.29. The Hall–Kier alpha value is -1.66. The summed E-state index contributed by atoms with van der Waals surface area (Å²) in [6.45, 7) is 2.64. The third kappa shape index (κ3) is 4.18. The summed E-state index contributed by atoms with van der Waals surface area (Å²) in [4.78, 5) is 16.0. The highest BCUT2D eigenvalue weighted by molar-refractivity contribution is 5.92. The molecule has 6 heteroatoms. The van der Waals surface area contributed by atoms with Gasteiger partial charge in [-0.3, -0.25) is 4.79 Å². The van der Waals surface area contributed by atoms with Gasteiger partial charge in [-0.2, -0.15) is 0 Å². The van der Waals surface area contributed by atoms with Crippen molar-refractivity contribution in [3.05, 3.63) is 18.3 Å². The second-order valence-corrected chi connectivity index (χ2v) is 4.41. The van der Waals surface area contributed by atoms with Crippen molar-refractivity contribution in [2.75, 3.05) is 38.7 Å². The molecule has 2 N–H and O–H groups in total. The first kappa shape index (κ1) is 13.8. The molecule has 0 bridgehead atoms. The Bertz CT molecular complexity index is 402. The lowest BCUT2D eigenvalue weighted by Crippen LogP contribution is -2.24. The van der Waals surface area contributed by atoms with Crippen molar-refractivity contribution < 1.29 is 14.3 Å². The van der Waals surface area contributed by atoms with E-state index in [0.29, 0.717) is 24.8 Å². The topological polar surface area (TPSA) is 72.5 Å². The summed E-state index contributed by atoms with van der Waals surface area (Å²) < 4.78 is 10.2. The van der Waals surface area contributed by atoms with Crippen LogP contribution in [0.5, 0.6) is 5.88 Å². The van der Waals surface area contributed by atoms with Gasteiger partial charge in [-0.05, 0) is 19.0 Å². The average Bonchev–Trinajstić information content (AvgIpc) is 2.95. The van der Waals surface area contributed by atoms with Crippen LogP contribution in [-0.4, -0.2) is 44.3 Å². The molecule has 1 amide bonds. The maximum absolute atomic E-state index is 11.9. The fraction of sp³-hybridized carbons (Fsp3) is 0.538. The molecule has 0 aromatic carbocycles. The molecule has 1 saturated heterocycles. The van der Waals surface area contributed by atoms with Gasteiger partial charge < -0.3 is 20.1 Å². The van der Waals surface area contributed by atoms with Crippen LogP contribution in [0.25, 0.3) is 0 Å². The number of methoxy groups -OCH3 is 1. The molecule has 1 aliphatic heterocycles. The molecule has 2 heterocycles. The van der Waals surface area contributed by atoms with E-state index in [1.165, 1.54) is 0 Å². The van der Waals surface area contributed by atoms with E-state index in [-0.39, 0.29) is 11.8 Å². The summed E-state index contributed by atoms with van der Waals surface area (Å²) in [5.41, 5.74) is 0.691. The third-order valence-electron chi connectivity index (χ3n) is 2.97. The van der Waals surface area contributed by atoms with Gasteiger partial charge in [0.05, 0.1) is 24.4 Å². The Kier molecular flexibility index (Phi) is 5.11. The van der Waals surface area contributed by atoms with E-state index in [9.17, 15) is 4.79 Å². The fourth-order valence-corrected chi connectivity index (χ4v) is 1.89. The van der Waals surface area contributed by atoms with Gasteiger partial charge >= 0.3 is 0 Å². The molecule has 19 heavy (non-hydrogen) atoms. The number of rotatable bonds is 6. The van der Waals surface area contributed by atoms with Gasteiger partial charge in [0.1, 0.15) is 6.61 Å². The van der Waals surface area contributed by atoms with E-state index in [1.54, 1.807) is 25.4 Å². The minimum absolute atomic E-state index is 0.0415. The number of nitrogens with one attached hydrogen (secondary N) is 2. The van der Waals surface area contributed by atoms with E-state index in [1.807, 2.05) is 0 Å². The van der Waals surface area contributed by atoms with Gasteiger partial charge in [0.25, 0.3) is 0 Å². The van der Waals surface area contributed by atoms with E-state index < -0.39 is 0 Å². The minimum atomic E-state index is 0.0415. The molecule has 6 nitrogen and oxygen atoms in total. The Balaban J connectivity index is 1.82. The normalized spacial score (nSPS) is 18.3. The quantitative estimate of drug-likeness (QED) is 0.739. The highest BCUT2D eigenvalue weighted by atomic mass is 16.5. The fourth-order valence-electron chi connectivity index (χ4n) is 1.89. The average molecular weight is 265 g/mol. The number of hydrogen-bond acceptors (Lipinski definition) is 5. The predicted molar refractivity (Wildman–Crippen MR) is 71.2 cm³/mol. The monoisotopic (exact) mass is 265 g/mol. The maximum Gasteiger partial charge on any atom is 0.228 e. The first-order valence-electron chi connectivity index (χ1n) is 6.39. The van der Waals surface area contributed by atoms with Gasteiger partial charge in [-0.25, -0.2) is 4.98 Å². The van der Waals surface area contributed by atoms with Crippen LogP contribution in [0, 0.1) is 5.92 Å². The molecule has 0 saturated carbocycles. The van der Waals surface area contributed by atoms with E-state index >= 15 is 0 Å². The van der Waals surface area contributed by atoms with Crippen LogP contribution >= 0.6 is 0 Å². The zero-order valence-corrected chi connectivity index (χ0v) is 11.0. The molecule has 0 aliphatic carbocycles. The van der Waals surface area contributed by atoms with Crippen LogP contribution in [0.2, 0.25) is 0 Å². The van der Waals surface area contributed by atoms with Gasteiger partial charge in [-0.1, -0.05) is 0 Å². The number of anilines is 1. The van der Waals surface area contributed by atoms with Crippen molar-refractivity contribution in [1.82, 2.24) is 10.3 Å². The predicted octanol–water partition coefficient (Wildman–Crippen LogP) is 0.655. The van der Waals surface area contributed by atoms with Gasteiger partial charge in [0.2, 0.25) is 11.8 Å². The zero-order valence-electron chi connectivity index (χ0n) is 11.0. The Labute approximate surface area is 112 Å². The van der Waals surface area contributed by atoms with E-state index in [4.69, 9.17) is 9.47 Å². The maximum atomic E-state index is 11.9. The number of aromatic nitrogens is 1. The second kappa shape index (κ2) is 7.06. The summed E-state index contributed by atoms with van der Waals surface area (Å²) in [7, 11) is 1.62. The second-order valence-electron chi connectivity index (χ2n) is 4.41. The van der Waals surface area contributed by atoms with Crippen LogP contribution in [0.4, 0.5) is 5.69 Å². The summed E-state index contributed by atoms with van der Waals surface area (Å²) in [5, 5.41) is 6.03. The van der Waals surface area contributed by atoms with Crippen molar-refractivity contribution >= 4 is 11.6 Å². The van der Waals surface area contributed by atoms with Crippen molar-refractivity contribution in [2.24, 2.45) is 5.92 Å². The molecule has 1 aromatic heterocycles. The van der Waals surface area contributed by atoms with Gasteiger partial charge in [0.15, 0.2) is 0 Å². The van der Waals surface area contributed by atoms with Crippen LogP contribution in [0.15, 0.2) is 18.3 Å². The van der Waals surface area contributed by atoms with E-state index in [0.717, 1.165) is 19.5 Å². The Morgan fingerprint density at radius 1 is 1.53 bits per heavy atom. The molecular weight excluding hydrogens is 246 g/mol. The molecular formula is C13H19N3O3. The Morgan fingerprint density at radius 2 is 2.42 bits per heavy atom. The largest absolute Gasteiger partial charge is 0.475 e. The van der Waals surface area contributed by atoms with Gasteiger partial charge in [0, 0.05) is 19.7 Å². The smallest absolute Gasteiger partial charge is 0.228 e. The van der Waals surface area contributed by atoms with E-state index in [2.05, 4.69) is 15.6 Å². The number of pyridine rings is 1. The molecule has 1 aliphatic rings. The molecule has 1 unspecified atom stereocenters. The third-order valence-corrected chi connectivity index (χ3v) is 2.97. The van der Waals surface area contributed by atoms with Crippen LogP contribution in [0.3, 0.4) is 0 Å². The standard InChI is InChI=1S/C13H19N3O3/c1-18-6-7-19-12-3-2-11(9-15-12)16-13(17)10-4-5-14-8-10/h2-3,9-10,14H,4-8H2,1H3,(H,16,17). The zero-order chi connectivity index (χ0) is 13.5. The van der Waals surface area contributed by atoms with Crippen LogP contribution < -0.4 is 15.4 Å². The van der Waals surface area contributed by atoms with Crippen molar-refractivity contribution in [2.45, 2.75) is 6.42 Å². The minimum Gasteiger partial charge on any atom is -0.475 e. The summed E-state index contributed by atoms with van der Waals surface area (Å²) in [6.07, 6.45) is 2.49. The first-order valence-corrected chi connectivity index (χ1v) is 6.39. The SMILES string of the molecule is COCCOc1ccc(NC(=O)C2CCNC2)cn1. The summed E-state index contributed by atoms with van der Waals surface area (Å²) in [6, 6.07) is 3.52. The number of amides is 1. The molecule has 0 spiro atoms. The highest BCUT2D eigenvalue weighted by Crippen LogP contribution is 2.14. The van der Waals surface area contributed by atoms with Gasteiger partial charge in [-0.15, -0.1) is 0 Å². The molecule has 104 valence electrons. The summed E-state index contributed by atoms with van der Waals surface area (Å²) in [5.74, 6) is 0.620. The lowest BCUT2D eigenvalue weighted by Gasteiger charge is -2.10. The molecule has 1 aromatic rings. The van der Waals surface area contributed by atoms with Crippen molar-refractivity contribution in [3.63, 3.8) is 0 Å². The van der Waals surface area contributed by atoms with Crippen molar-refractivity contribution in [1.29, 1.82) is 0 Å². The molecule has 1 atom stereocenters. The summed E-state index contributed by atoms with van der Waals surface area (Å²) >= 11 is 0. The number of hydrogen-bond donors (Lipinski definition) is 2. The molecule has 2 rings (SSSR count). The number of carbonyl (C=O) groups is 1. The molecule has 1 fully saturated rings. The number of nitrogens with zero attached hydrogens (tertiary/aromatic N) is 1. The molecule has 0 radical (unpaired) electrons. The Morgan fingerprint density at radius 3 is 3.05 bits per heavy atom. The van der Waals surface area contributed by atoms with Crippen LogP contribution in [0.1, 0.15) is 6.42 Å². The highest BCUT2D eigenvalue weighted by Gasteiger charge is 2.22. The number of carbonyl (C=O) groups excluding carboxylic acids is 1.